The highest BCUT2D eigenvalue weighted by molar-refractivity contribution is 5.95. The minimum atomic E-state index is -2.78. The molecule has 4 aromatic rings. The van der Waals surface area contributed by atoms with Crippen molar-refractivity contribution in [3.05, 3.63) is 70.5 Å². The molecule has 3 fully saturated rings. The summed E-state index contributed by atoms with van der Waals surface area (Å²) in [4.78, 5) is 30.9. The van der Waals surface area contributed by atoms with E-state index in [2.05, 4.69) is 35.8 Å². The molecule has 2 aromatic carbocycles. The van der Waals surface area contributed by atoms with Crippen LogP contribution in [0.5, 0.6) is 6.01 Å². The van der Waals surface area contributed by atoms with Gasteiger partial charge in [0, 0.05) is 56.2 Å². The SMILES string of the molecule is Cc1cc2c(cnn2C2CCCCO2)c(N2CCc3c(nc(OC[C@@H]4CC(F)(F)CN4C)nc3N3CCN(C(=O)OCc4ccccc4)[C@@H](CC#N)C3)C2)c1C. The van der Waals surface area contributed by atoms with Crippen LogP contribution in [-0.4, -0.2) is 107 Å². The minimum Gasteiger partial charge on any atom is -0.462 e. The molecule has 0 radical (unpaired) electrons. The Morgan fingerprint density at radius 1 is 1.09 bits per heavy atom. The summed E-state index contributed by atoms with van der Waals surface area (Å²) in [7, 11) is 1.68. The first-order valence-electron chi connectivity index (χ1n) is 19.6. The molecule has 2 aromatic heterocycles. The molecule has 56 heavy (non-hydrogen) atoms. The topological polar surface area (TPSA) is 125 Å². The summed E-state index contributed by atoms with van der Waals surface area (Å²) < 4.78 is 48.6. The minimum absolute atomic E-state index is 0.0200. The number of likely N-dealkylation sites (N-methyl/N-ethyl adjacent to an activating group) is 1. The second-order valence-corrected chi connectivity index (χ2v) is 15.6. The molecule has 0 saturated carbocycles. The first-order valence-corrected chi connectivity index (χ1v) is 19.6. The normalized spacial score (nSPS) is 22.6. The molecule has 3 atom stereocenters. The fourth-order valence-corrected chi connectivity index (χ4v) is 8.65. The molecular formula is C41H49F2N9O4. The highest BCUT2D eigenvalue weighted by Crippen LogP contribution is 2.39. The van der Waals surface area contributed by atoms with Gasteiger partial charge < -0.3 is 28.9 Å². The van der Waals surface area contributed by atoms with E-state index in [-0.39, 0.29) is 44.8 Å². The Morgan fingerprint density at radius 3 is 2.68 bits per heavy atom. The molecule has 0 aliphatic carbocycles. The smallest absolute Gasteiger partial charge is 0.410 e. The average Bonchev–Trinajstić information content (AvgIpc) is 3.74. The van der Waals surface area contributed by atoms with Crippen molar-refractivity contribution in [2.24, 2.45) is 0 Å². The van der Waals surface area contributed by atoms with Gasteiger partial charge in [0.05, 0.1) is 54.7 Å². The van der Waals surface area contributed by atoms with Gasteiger partial charge in [0.25, 0.3) is 5.92 Å². The lowest BCUT2D eigenvalue weighted by Gasteiger charge is -2.42. The maximum absolute atomic E-state index is 14.3. The van der Waals surface area contributed by atoms with Gasteiger partial charge >= 0.3 is 12.1 Å². The molecule has 296 valence electrons. The summed E-state index contributed by atoms with van der Waals surface area (Å²) >= 11 is 0. The number of fused-ring (bicyclic) bond motifs is 2. The molecular weight excluding hydrogens is 721 g/mol. The number of ether oxygens (including phenoxy) is 3. The van der Waals surface area contributed by atoms with Crippen molar-refractivity contribution in [2.75, 3.05) is 62.8 Å². The summed E-state index contributed by atoms with van der Waals surface area (Å²) in [6.45, 7) is 7.14. The van der Waals surface area contributed by atoms with E-state index in [0.29, 0.717) is 45.0 Å². The average molecular weight is 770 g/mol. The van der Waals surface area contributed by atoms with Gasteiger partial charge in [-0.15, -0.1) is 0 Å². The van der Waals surface area contributed by atoms with Crippen molar-refractivity contribution in [2.45, 2.75) is 89.8 Å². The van der Waals surface area contributed by atoms with E-state index in [1.54, 1.807) is 16.8 Å². The van der Waals surface area contributed by atoms with E-state index < -0.39 is 24.1 Å². The number of nitriles is 1. The standard InChI is InChI=1S/C41H49F2N9O4/c1-27-19-35-33(21-45-52(35)36-11-7-8-18-54-36)37(28(27)2)49-15-13-32-34(23-49)46-39(55-25-31-20-41(42,43)26-48(31)3)47-38(32)50-16-17-51(30(22-50)12-14-44)40(53)56-24-29-9-5-4-6-10-29/h4-6,9-10,19,21,30-31,36H,7-8,11-13,15-18,20,22-26H2,1-3H3/t30-,31-,36?/m0/s1. The molecule has 3 saturated heterocycles. The molecule has 15 heteroatoms. The number of halogens is 2. The second kappa shape index (κ2) is 15.8. The number of nitrogens with zero attached hydrogens (tertiary/aromatic N) is 9. The molecule has 1 unspecified atom stereocenters. The second-order valence-electron chi connectivity index (χ2n) is 15.6. The van der Waals surface area contributed by atoms with Crippen LogP contribution in [0.25, 0.3) is 10.9 Å². The predicted octanol–water partition coefficient (Wildman–Crippen LogP) is 6.16. The summed E-state index contributed by atoms with van der Waals surface area (Å²) in [5.74, 6) is -2.10. The molecule has 0 N–H and O–H groups in total. The monoisotopic (exact) mass is 769 g/mol. The molecule has 0 bridgehead atoms. The third kappa shape index (κ3) is 7.69. The number of hydrogen-bond acceptors (Lipinski definition) is 11. The summed E-state index contributed by atoms with van der Waals surface area (Å²) in [5.41, 5.74) is 7.10. The molecule has 0 spiro atoms. The molecule has 4 aliphatic rings. The van der Waals surface area contributed by atoms with Gasteiger partial charge in [0.1, 0.15) is 19.0 Å². The quantitative estimate of drug-likeness (QED) is 0.194. The van der Waals surface area contributed by atoms with Gasteiger partial charge in [-0.1, -0.05) is 30.3 Å². The van der Waals surface area contributed by atoms with Crippen molar-refractivity contribution < 1.29 is 27.8 Å². The van der Waals surface area contributed by atoms with Crippen molar-refractivity contribution >= 4 is 28.5 Å². The van der Waals surface area contributed by atoms with Gasteiger partial charge in [-0.25, -0.2) is 18.3 Å². The van der Waals surface area contributed by atoms with Crippen LogP contribution in [0.2, 0.25) is 0 Å². The van der Waals surface area contributed by atoms with Gasteiger partial charge in [0.15, 0.2) is 6.23 Å². The van der Waals surface area contributed by atoms with Gasteiger partial charge in [-0.05, 0) is 69.3 Å². The fourth-order valence-electron chi connectivity index (χ4n) is 8.65. The number of likely N-dealkylation sites (tertiary alicyclic amines) is 1. The predicted molar refractivity (Wildman–Crippen MR) is 206 cm³/mol. The van der Waals surface area contributed by atoms with Crippen molar-refractivity contribution in [1.29, 1.82) is 5.26 Å². The number of aryl methyl sites for hydroxylation is 1. The van der Waals surface area contributed by atoms with Crippen LogP contribution in [0.3, 0.4) is 0 Å². The third-order valence-corrected chi connectivity index (χ3v) is 11.7. The molecule has 8 rings (SSSR count). The Kier molecular flexibility index (Phi) is 10.7. The van der Waals surface area contributed by atoms with Gasteiger partial charge in [-0.3, -0.25) is 4.90 Å². The Hall–Kier alpha value is -5.07. The van der Waals surface area contributed by atoms with E-state index in [9.17, 15) is 18.8 Å². The van der Waals surface area contributed by atoms with Crippen LogP contribution in [0.15, 0.2) is 42.6 Å². The lowest BCUT2D eigenvalue weighted by Crippen LogP contribution is -2.55. The fraction of sp³-hybridized carbons (Fsp3) is 0.537. The summed E-state index contributed by atoms with van der Waals surface area (Å²) in [5, 5.41) is 15.7. The van der Waals surface area contributed by atoms with Crippen molar-refractivity contribution in [1.82, 2.24) is 29.5 Å². The van der Waals surface area contributed by atoms with Gasteiger partial charge in [-0.2, -0.15) is 20.3 Å². The Balaban J connectivity index is 1.09. The number of alkyl halides is 2. The van der Waals surface area contributed by atoms with Crippen molar-refractivity contribution in [3.8, 4) is 12.1 Å². The zero-order chi connectivity index (χ0) is 39.0. The van der Waals surface area contributed by atoms with E-state index >= 15 is 0 Å². The van der Waals surface area contributed by atoms with Crippen LogP contribution in [0.4, 0.5) is 25.1 Å². The maximum Gasteiger partial charge on any atom is 0.410 e. The van der Waals surface area contributed by atoms with Crippen LogP contribution in [0.1, 0.15) is 66.3 Å². The number of hydrogen-bond donors (Lipinski definition) is 0. The Labute approximate surface area is 325 Å². The van der Waals surface area contributed by atoms with E-state index in [1.165, 1.54) is 0 Å². The molecule has 13 nitrogen and oxygen atoms in total. The first-order chi connectivity index (χ1) is 27.1. The molecule has 1 amide bonds. The zero-order valence-corrected chi connectivity index (χ0v) is 32.3. The van der Waals surface area contributed by atoms with Crippen LogP contribution >= 0.6 is 0 Å². The Bertz CT molecular complexity index is 2100. The highest BCUT2D eigenvalue weighted by Gasteiger charge is 2.44. The molecule has 4 aliphatic heterocycles. The number of amides is 1. The van der Waals surface area contributed by atoms with Crippen LogP contribution in [-0.2, 0) is 29.0 Å². The number of carbonyl (C=O) groups excluding carboxylic acids is 1. The lowest BCUT2D eigenvalue weighted by molar-refractivity contribution is -0.0366. The Morgan fingerprint density at radius 2 is 1.93 bits per heavy atom. The number of anilines is 2. The first kappa shape index (κ1) is 37.8. The number of carbonyl (C=O) groups is 1. The van der Waals surface area contributed by atoms with Gasteiger partial charge in [0.2, 0.25) is 0 Å². The largest absolute Gasteiger partial charge is 0.462 e. The van der Waals surface area contributed by atoms with E-state index in [1.807, 2.05) is 41.2 Å². The van der Waals surface area contributed by atoms with Crippen LogP contribution < -0.4 is 14.5 Å². The number of rotatable bonds is 9. The lowest BCUT2D eigenvalue weighted by atomic mass is 9.99. The van der Waals surface area contributed by atoms with Crippen molar-refractivity contribution in [3.63, 3.8) is 0 Å². The van der Waals surface area contributed by atoms with E-state index in [0.717, 1.165) is 70.4 Å². The number of piperazine rings is 1. The highest BCUT2D eigenvalue weighted by atomic mass is 19.3. The number of aromatic nitrogens is 4. The zero-order valence-electron chi connectivity index (χ0n) is 32.3. The molecule has 6 heterocycles. The summed E-state index contributed by atoms with van der Waals surface area (Å²) in [6.07, 6.45) is 4.92. The van der Waals surface area contributed by atoms with E-state index in [4.69, 9.17) is 29.3 Å². The summed E-state index contributed by atoms with van der Waals surface area (Å²) in [6, 6.07) is 13.1. The maximum atomic E-state index is 14.3. The third-order valence-electron chi connectivity index (χ3n) is 11.7. The number of benzene rings is 2. The van der Waals surface area contributed by atoms with Crippen LogP contribution in [0, 0.1) is 25.2 Å².